The molecule has 0 aliphatic heterocycles. The van der Waals surface area contributed by atoms with Crippen molar-refractivity contribution in [1.29, 1.82) is 0 Å². The highest BCUT2D eigenvalue weighted by molar-refractivity contribution is 5.81. The molecule has 0 aliphatic rings. The summed E-state index contributed by atoms with van der Waals surface area (Å²) in [5, 5.41) is 5.73. The number of aromatic nitrogens is 2. The molecule has 0 unspecified atom stereocenters. The highest BCUT2D eigenvalue weighted by atomic mass is 16.5. The van der Waals surface area contributed by atoms with Crippen LogP contribution in [-0.2, 0) is 13.2 Å². The summed E-state index contributed by atoms with van der Waals surface area (Å²) in [6, 6.07) is 15.7. The van der Waals surface area contributed by atoms with Gasteiger partial charge in [-0.3, -0.25) is 4.68 Å². The minimum Gasteiger partial charge on any atom is -0.485 e. The summed E-state index contributed by atoms with van der Waals surface area (Å²) in [5.41, 5.74) is 8.59. The Bertz CT molecular complexity index is 733. The molecule has 3 aromatic rings. The van der Waals surface area contributed by atoms with Crippen molar-refractivity contribution in [2.24, 2.45) is 0 Å². The fourth-order valence-corrected chi connectivity index (χ4v) is 2.30. The molecule has 4 nitrogen and oxygen atoms in total. The van der Waals surface area contributed by atoms with Gasteiger partial charge in [0.1, 0.15) is 18.1 Å². The first-order valence-corrected chi connectivity index (χ1v) is 6.71. The molecule has 20 heavy (non-hydrogen) atoms. The first kappa shape index (κ1) is 12.5. The lowest BCUT2D eigenvalue weighted by Gasteiger charge is -2.06. The fourth-order valence-electron chi connectivity index (χ4n) is 2.30. The van der Waals surface area contributed by atoms with E-state index in [1.807, 2.05) is 41.1 Å². The van der Waals surface area contributed by atoms with Gasteiger partial charge in [0.15, 0.2) is 0 Å². The van der Waals surface area contributed by atoms with E-state index in [-0.39, 0.29) is 0 Å². The molecule has 1 heterocycles. The van der Waals surface area contributed by atoms with E-state index in [1.54, 1.807) is 0 Å². The van der Waals surface area contributed by atoms with Crippen LogP contribution in [-0.4, -0.2) is 9.78 Å². The van der Waals surface area contributed by atoms with Gasteiger partial charge in [0, 0.05) is 11.9 Å². The van der Waals surface area contributed by atoms with Gasteiger partial charge in [-0.15, -0.1) is 0 Å². The molecule has 3 rings (SSSR count). The van der Waals surface area contributed by atoms with E-state index in [1.165, 1.54) is 0 Å². The van der Waals surface area contributed by atoms with Gasteiger partial charge in [0.25, 0.3) is 0 Å². The van der Waals surface area contributed by atoms with Crippen LogP contribution in [0.1, 0.15) is 12.6 Å². The second-order valence-corrected chi connectivity index (χ2v) is 4.61. The molecular weight excluding hydrogens is 250 g/mol. The molecule has 0 amide bonds. The van der Waals surface area contributed by atoms with Crippen molar-refractivity contribution in [3.05, 3.63) is 54.2 Å². The average molecular weight is 267 g/mol. The molecule has 0 fully saturated rings. The summed E-state index contributed by atoms with van der Waals surface area (Å²) in [5.74, 6) is 0.697. The van der Waals surface area contributed by atoms with Gasteiger partial charge < -0.3 is 10.5 Å². The first-order valence-electron chi connectivity index (χ1n) is 6.71. The van der Waals surface area contributed by atoms with Crippen molar-refractivity contribution in [3.8, 4) is 5.75 Å². The fraction of sp³-hybridized carbons (Fsp3) is 0.188. The predicted octanol–water partition coefficient (Wildman–Crippen LogP) is 3.22. The topological polar surface area (TPSA) is 53.1 Å². The minimum absolute atomic E-state index is 0.418. The lowest BCUT2D eigenvalue weighted by molar-refractivity contribution is 0.302. The standard InChI is InChI=1S/C16H17N3O/c1-2-19-15-9-5-3-7-12(15)14(18-19)11-20-16-10-6-4-8-13(16)17/h3-10H,2,11,17H2,1H3. The third kappa shape index (κ3) is 2.20. The Morgan fingerprint density at radius 2 is 1.85 bits per heavy atom. The molecule has 0 saturated heterocycles. The van der Waals surface area contributed by atoms with Crippen LogP contribution in [0.25, 0.3) is 10.9 Å². The van der Waals surface area contributed by atoms with Crippen molar-refractivity contribution in [3.63, 3.8) is 0 Å². The maximum absolute atomic E-state index is 5.88. The highest BCUT2D eigenvalue weighted by Gasteiger charge is 2.10. The molecular formula is C16H17N3O. The summed E-state index contributed by atoms with van der Waals surface area (Å²) < 4.78 is 7.78. The lowest BCUT2D eigenvalue weighted by atomic mass is 10.2. The quantitative estimate of drug-likeness (QED) is 0.738. The van der Waals surface area contributed by atoms with Crippen molar-refractivity contribution in [2.45, 2.75) is 20.1 Å². The Balaban J connectivity index is 1.90. The molecule has 0 atom stereocenters. The van der Waals surface area contributed by atoms with Crippen LogP contribution in [0.3, 0.4) is 0 Å². The van der Waals surface area contributed by atoms with Crippen molar-refractivity contribution < 1.29 is 4.74 Å². The van der Waals surface area contributed by atoms with E-state index in [4.69, 9.17) is 10.5 Å². The van der Waals surface area contributed by atoms with E-state index in [0.29, 0.717) is 18.0 Å². The second kappa shape index (κ2) is 5.25. The zero-order valence-electron chi connectivity index (χ0n) is 11.4. The second-order valence-electron chi connectivity index (χ2n) is 4.61. The van der Waals surface area contributed by atoms with Gasteiger partial charge in [0.05, 0.1) is 11.2 Å². The van der Waals surface area contributed by atoms with Crippen LogP contribution in [0.2, 0.25) is 0 Å². The zero-order chi connectivity index (χ0) is 13.9. The van der Waals surface area contributed by atoms with E-state index in [0.717, 1.165) is 23.1 Å². The third-order valence-corrected chi connectivity index (χ3v) is 3.32. The number of para-hydroxylation sites is 3. The Labute approximate surface area is 117 Å². The molecule has 4 heteroatoms. The summed E-state index contributed by atoms with van der Waals surface area (Å²) in [7, 11) is 0. The number of ether oxygens (including phenoxy) is 1. The molecule has 0 radical (unpaired) electrons. The number of fused-ring (bicyclic) bond motifs is 1. The maximum Gasteiger partial charge on any atom is 0.142 e. The van der Waals surface area contributed by atoms with Crippen molar-refractivity contribution in [1.82, 2.24) is 9.78 Å². The van der Waals surface area contributed by atoms with Crippen LogP contribution in [0.4, 0.5) is 5.69 Å². The summed E-state index contributed by atoms with van der Waals surface area (Å²) in [4.78, 5) is 0. The number of nitrogens with two attached hydrogens (primary N) is 1. The number of rotatable bonds is 4. The van der Waals surface area contributed by atoms with Crippen LogP contribution in [0.5, 0.6) is 5.75 Å². The number of anilines is 1. The summed E-state index contributed by atoms with van der Waals surface area (Å²) >= 11 is 0. The first-order chi connectivity index (χ1) is 9.79. The van der Waals surface area contributed by atoms with E-state index in [9.17, 15) is 0 Å². The van der Waals surface area contributed by atoms with Gasteiger partial charge in [-0.25, -0.2) is 0 Å². The van der Waals surface area contributed by atoms with E-state index in [2.05, 4.69) is 24.2 Å². The normalized spacial score (nSPS) is 10.8. The Hall–Kier alpha value is -2.49. The van der Waals surface area contributed by atoms with Gasteiger partial charge in [-0.1, -0.05) is 30.3 Å². The number of hydrogen-bond acceptors (Lipinski definition) is 3. The molecule has 2 aromatic carbocycles. The Morgan fingerprint density at radius 3 is 2.65 bits per heavy atom. The van der Waals surface area contributed by atoms with Crippen LogP contribution >= 0.6 is 0 Å². The van der Waals surface area contributed by atoms with Crippen molar-refractivity contribution in [2.75, 3.05) is 5.73 Å². The maximum atomic E-state index is 5.88. The number of aryl methyl sites for hydroxylation is 1. The monoisotopic (exact) mass is 267 g/mol. The number of benzene rings is 2. The molecule has 2 N–H and O–H groups in total. The Kier molecular flexibility index (Phi) is 3.29. The third-order valence-electron chi connectivity index (χ3n) is 3.32. The minimum atomic E-state index is 0.418. The smallest absolute Gasteiger partial charge is 0.142 e. The molecule has 1 aromatic heterocycles. The van der Waals surface area contributed by atoms with Crippen LogP contribution in [0.15, 0.2) is 48.5 Å². The number of hydrogen-bond donors (Lipinski definition) is 1. The molecule has 0 aliphatic carbocycles. The molecule has 102 valence electrons. The van der Waals surface area contributed by atoms with Crippen LogP contribution in [0, 0.1) is 0 Å². The summed E-state index contributed by atoms with van der Waals surface area (Å²) in [6.07, 6.45) is 0. The summed E-state index contributed by atoms with van der Waals surface area (Å²) in [6.45, 7) is 3.34. The number of nitrogens with zero attached hydrogens (tertiary/aromatic N) is 2. The zero-order valence-corrected chi connectivity index (χ0v) is 11.4. The van der Waals surface area contributed by atoms with Gasteiger partial charge in [-0.2, -0.15) is 5.10 Å². The van der Waals surface area contributed by atoms with Crippen LogP contribution < -0.4 is 10.5 Å². The number of nitrogen functional groups attached to an aromatic ring is 1. The SMILES string of the molecule is CCn1nc(COc2ccccc2N)c2ccccc21. The predicted molar refractivity (Wildman–Crippen MR) is 80.6 cm³/mol. The molecule has 0 saturated carbocycles. The van der Waals surface area contributed by atoms with Crippen molar-refractivity contribution >= 4 is 16.6 Å². The largest absolute Gasteiger partial charge is 0.485 e. The van der Waals surface area contributed by atoms with Gasteiger partial charge in [-0.05, 0) is 25.1 Å². The average Bonchev–Trinajstić information content (AvgIpc) is 2.85. The van der Waals surface area contributed by atoms with E-state index < -0.39 is 0 Å². The Morgan fingerprint density at radius 1 is 1.10 bits per heavy atom. The molecule has 0 bridgehead atoms. The van der Waals surface area contributed by atoms with Gasteiger partial charge in [0.2, 0.25) is 0 Å². The lowest BCUT2D eigenvalue weighted by Crippen LogP contribution is -2.01. The highest BCUT2D eigenvalue weighted by Crippen LogP contribution is 2.23. The van der Waals surface area contributed by atoms with Gasteiger partial charge >= 0.3 is 0 Å². The molecule has 0 spiro atoms. The van der Waals surface area contributed by atoms with E-state index >= 15 is 0 Å².